The second-order valence-corrected chi connectivity index (χ2v) is 5.46. The van der Waals surface area contributed by atoms with Crippen LogP contribution in [-0.2, 0) is 14.3 Å². The Balaban J connectivity index is 2.55. The standard InChI is InChI=1S/C12H24N2O3/c1-5-16-10(15)12(4,13)9-14-6-7-17-11(2,3)8-14/h5-9,13H2,1-4H3. The van der Waals surface area contributed by atoms with E-state index in [0.29, 0.717) is 19.8 Å². The van der Waals surface area contributed by atoms with Gasteiger partial charge in [0.05, 0.1) is 18.8 Å². The summed E-state index contributed by atoms with van der Waals surface area (Å²) in [5.74, 6) is -0.343. The molecule has 0 bridgehead atoms. The molecular weight excluding hydrogens is 220 g/mol. The van der Waals surface area contributed by atoms with Crippen LogP contribution >= 0.6 is 0 Å². The fraction of sp³-hybridized carbons (Fsp3) is 0.917. The van der Waals surface area contributed by atoms with Crippen LogP contribution in [0.2, 0.25) is 0 Å². The normalized spacial score (nSPS) is 24.1. The van der Waals surface area contributed by atoms with Crippen molar-refractivity contribution in [3.8, 4) is 0 Å². The van der Waals surface area contributed by atoms with Crippen LogP contribution in [0.25, 0.3) is 0 Å². The highest BCUT2D eigenvalue weighted by Gasteiger charge is 2.36. The molecular formula is C12H24N2O3. The largest absolute Gasteiger partial charge is 0.465 e. The third kappa shape index (κ3) is 4.26. The Morgan fingerprint density at radius 1 is 1.59 bits per heavy atom. The van der Waals surface area contributed by atoms with E-state index >= 15 is 0 Å². The zero-order chi connectivity index (χ0) is 13.1. The monoisotopic (exact) mass is 244 g/mol. The summed E-state index contributed by atoms with van der Waals surface area (Å²) in [6, 6.07) is 0. The van der Waals surface area contributed by atoms with Crippen molar-refractivity contribution in [2.45, 2.75) is 38.8 Å². The number of hydrogen-bond donors (Lipinski definition) is 1. The summed E-state index contributed by atoms with van der Waals surface area (Å²) in [4.78, 5) is 13.8. The van der Waals surface area contributed by atoms with E-state index in [9.17, 15) is 4.79 Å². The van der Waals surface area contributed by atoms with Crippen molar-refractivity contribution in [3.05, 3.63) is 0 Å². The minimum atomic E-state index is -0.955. The molecule has 2 N–H and O–H groups in total. The smallest absolute Gasteiger partial charge is 0.327 e. The lowest BCUT2D eigenvalue weighted by molar-refractivity contribution is -0.151. The van der Waals surface area contributed by atoms with Gasteiger partial charge in [-0.05, 0) is 27.7 Å². The number of nitrogens with two attached hydrogens (primary N) is 1. The van der Waals surface area contributed by atoms with Crippen molar-refractivity contribution in [1.29, 1.82) is 0 Å². The first-order chi connectivity index (χ1) is 7.77. The molecule has 0 aromatic heterocycles. The second-order valence-electron chi connectivity index (χ2n) is 5.46. The van der Waals surface area contributed by atoms with Crippen molar-refractivity contribution < 1.29 is 14.3 Å². The van der Waals surface area contributed by atoms with Gasteiger partial charge in [-0.25, -0.2) is 0 Å². The van der Waals surface area contributed by atoms with Crippen LogP contribution in [0.3, 0.4) is 0 Å². The van der Waals surface area contributed by atoms with Gasteiger partial charge in [0.2, 0.25) is 0 Å². The maximum Gasteiger partial charge on any atom is 0.327 e. The maximum atomic E-state index is 11.7. The van der Waals surface area contributed by atoms with Crippen molar-refractivity contribution in [2.24, 2.45) is 5.73 Å². The molecule has 0 radical (unpaired) electrons. The van der Waals surface area contributed by atoms with E-state index < -0.39 is 5.54 Å². The van der Waals surface area contributed by atoms with Crippen molar-refractivity contribution in [1.82, 2.24) is 4.90 Å². The molecule has 0 aliphatic carbocycles. The van der Waals surface area contributed by atoms with E-state index in [-0.39, 0.29) is 11.6 Å². The lowest BCUT2D eigenvalue weighted by Crippen LogP contribution is -2.59. The summed E-state index contributed by atoms with van der Waals surface area (Å²) < 4.78 is 10.6. The van der Waals surface area contributed by atoms with Gasteiger partial charge in [-0.3, -0.25) is 9.69 Å². The molecule has 5 nitrogen and oxygen atoms in total. The van der Waals surface area contributed by atoms with Crippen molar-refractivity contribution in [2.75, 3.05) is 32.8 Å². The van der Waals surface area contributed by atoms with Gasteiger partial charge in [-0.1, -0.05) is 0 Å². The average Bonchev–Trinajstić information content (AvgIpc) is 2.15. The summed E-state index contributed by atoms with van der Waals surface area (Å²) in [6.45, 7) is 10.7. The minimum absolute atomic E-state index is 0.178. The molecule has 1 unspecified atom stereocenters. The van der Waals surface area contributed by atoms with Gasteiger partial charge >= 0.3 is 5.97 Å². The number of nitrogens with zero attached hydrogens (tertiary/aromatic N) is 1. The molecule has 100 valence electrons. The van der Waals surface area contributed by atoms with Gasteiger partial charge in [0.25, 0.3) is 0 Å². The average molecular weight is 244 g/mol. The highest BCUT2D eigenvalue weighted by atomic mass is 16.5. The van der Waals surface area contributed by atoms with Gasteiger partial charge in [-0.15, -0.1) is 0 Å². The molecule has 17 heavy (non-hydrogen) atoms. The number of carbonyl (C=O) groups excluding carboxylic acids is 1. The highest BCUT2D eigenvalue weighted by molar-refractivity contribution is 5.80. The predicted molar refractivity (Wildman–Crippen MR) is 65.7 cm³/mol. The van der Waals surface area contributed by atoms with Gasteiger partial charge in [0, 0.05) is 19.6 Å². The number of ether oxygens (including phenoxy) is 2. The third-order valence-electron chi connectivity index (χ3n) is 2.80. The predicted octanol–water partition coefficient (Wildman–Crippen LogP) is 0.378. The summed E-state index contributed by atoms with van der Waals surface area (Å²) >= 11 is 0. The van der Waals surface area contributed by atoms with Crippen LogP contribution in [0.4, 0.5) is 0 Å². The number of hydrogen-bond acceptors (Lipinski definition) is 5. The fourth-order valence-corrected chi connectivity index (χ4v) is 2.07. The van der Waals surface area contributed by atoms with Gasteiger partial charge in [0.15, 0.2) is 0 Å². The van der Waals surface area contributed by atoms with Crippen LogP contribution in [0, 0.1) is 0 Å². The van der Waals surface area contributed by atoms with E-state index in [1.54, 1.807) is 13.8 Å². The van der Waals surface area contributed by atoms with Crippen molar-refractivity contribution in [3.63, 3.8) is 0 Å². The summed E-state index contributed by atoms with van der Waals surface area (Å²) in [7, 11) is 0. The van der Waals surface area contributed by atoms with Crippen LogP contribution < -0.4 is 5.73 Å². The highest BCUT2D eigenvalue weighted by Crippen LogP contribution is 2.18. The molecule has 0 aromatic rings. The zero-order valence-electron chi connectivity index (χ0n) is 11.3. The lowest BCUT2D eigenvalue weighted by Gasteiger charge is -2.40. The quantitative estimate of drug-likeness (QED) is 0.724. The number of esters is 1. The molecule has 1 rings (SSSR count). The first-order valence-corrected chi connectivity index (χ1v) is 6.09. The van der Waals surface area contributed by atoms with Gasteiger partial charge < -0.3 is 15.2 Å². The second kappa shape index (κ2) is 5.33. The molecule has 1 aliphatic heterocycles. The fourth-order valence-electron chi connectivity index (χ4n) is 2.07. The van der Waals surface area contributed by atoms with Crippen molar-refractivity contribution >= 4 is 5.97 Å². The Labute approximate surface area is 103 Å². The molecule has 0 saturated carbocycles. The number of rotatable bonds is 4. The molecule has 1 fully saturated rings. The lowest BCUT2D eigenvalue weighted by atomic mass is 10.0. The Hall–Kier alpha value is -0.650. The molecule has 0 spiro atoms. The van der Waals surface area contributed by atoms with Gasteiger partial charge in [-0.2, -0.15) is 0 Å². The van der Waals surface area contributed by atoms with E-state index in [1.807, 2.05) is 13.8 Å². The minimum Gasteiger partial charge on any atom is -0.465 e. The van der Waals surface area contributed by atoms with Crippen LogP contribution in [0.15, 0.2) is 0 Å². The summed E-state index contributed by atoms with van der Waals surface area (Å²) in [5.41, 5.74) is 4.88. The SMILES string of the molecule is CCOC(=O)C(C)(N)CN1CCOC(C)(C)C1. The van der Waals surface area contributed by atoms with E-state index in [4.69, 9.17) is 15.2 Å². The first kappa shape index (κ1) is 14.4. The molecule has 1 saturated heterocycles. The van der Waals surface area contributed by atoms with Gasteiger partial charge in [0.1, 0.15) is 5.54 Å². The summed E-state index contributed by atoms with van der Waals surface area (Å²) in [6.07, 6.45) is 0. The molecule has 5 heteroatoms. The molecule has 0 amide bonds. The Morgan fingerprint density at radius 2 is 2.24 bits per heavy atom. The van der Waals surface area contributed by atoms with E-state index in [0.717, 1.165) is 13.1 Å². The zero-order valence-corrected chi connectivity index (χ0v) is 11.3. The number of carbonyl (C=O) groups is 1. The number of morpholine rings is 1. The first-order valence-electron chi connectivity index (χ1n) is 6.09. The van der Waals surface area contributed by atoms with Crippen LogP contribution in [-0.4, -0.2) is 54.9 Å². The molecule has 1 aliphatic rings. The van der Waals surface area contributed by atoms with E-state index in [1.165, 1.54) is 0 Å². The van der Waals surface area contributed by atoms with Crippen LogP contribution in [0.1, 0.15) is 27.7 Å². The Bertz CT molecular complexity index is 277. The Morgan fingerprint density at radius 3 is 2.76 bits per heavy atom. The molecule has 1 atom stereocenters. The topological polar surface area (TPSA) is 64.8 Å². The van der Waals surface area contributed by atoms with Crippen LogP contribution in [0.5, 0.6) is 0 Å². The Kier molecular flexibility index (Phi) is 4.52. The molecule has 1 heterocycles. The summed E-state index contributed by atoms with van der Waals surface area (Å²) in [5, 5.41) is 0. The maximum absolute atomic E-state index is 11.7. The third-order valence-corrected chi connectivity index (χ3v) is 2.80. The molecule has 0 aromatic carbocycles. The van der Waals surface area contributed by atoms with E-state index in [2.05, 4.69) is 4.90 Å².